The molecule has 0 bridgehead atoms. The third kappa shape index (κ3) is 1.81. The summed E-state index contributed by atoms with van der Waals surface area (Å²) in [4.78, 5) is 2.51. The molecule has 2 aliphatic rings. The van der Waals surface area contributed by atoms with Crippen LogP contribution in [0.1, 0.15) is 26.2 Å². The highest BCUT2D eigenvalue weighted by Gasteiger charge is 2.20. The van der Waals surface area contributed by atoms with E-state index in [1.165, 1.54) is 25.9 Å². The average Bonchev–Trinajstić information content (AvgIpc) is 2.63. The Hall–Kier alpha value is -0.500. The van der Waals surface area contributed by atoms with Crippen LogP contribution in [0.15, 0.2) is 11.8 Å². The van der Waals surface area contributed by atoms with Crippen LogP contribution in [0.5, 0.6) is 0 Å². The molecule has 2 nitrogen and oxygen atoms in total. The molecule has 2 heteroatoms. The van der Waals surface area contributed by atoms with Crippen molar-refractivity contribution in [1.82, 2.24) is 4.90 Å². The largest absolute Gasteiger partial charge is 0.494 e. The van der Waals surface area contributed by atoms with Gasteiger partial charge in [0.25, 0.3) is 0 Å². The third-order valence-corrected chi connectivity index (χ3v) is 2.68. The molecule has 68 valence electrons. The van der Waals surface area contributed by atoms with Gasteiger partial charge >= 0.3 is 0 Å². The van der Waals surface area contributed by atoms with E-state index < -0.39 is 0 Å². The first-order chi connectivity index (χ1) is 5.84. The van der Waals surface area contributed by atoms with Crippen LogP contribution in [0, 0.1) is 0 Å². The Morgan fingerprint density at radius 1 is 1.50 bits per heavy atom. The third-order valence-electron chi connectivity index (χ3n) is 2.68. The molecule has 0 N–H and O–H groups in total. The normalized spacial score (nSPS) is 30.4. The van der Waals surface area contributed by atoms with Crippen LogP contribution in [0.2, 0.25) is 0 Å². The summed E-state index contributed by atoms with van der Waals surface area (Å²) < 4.78 is 5.64. The molecule has 1 unspecified atom stereocenters. The van der Waals surface area contributed by atoms with E-state index in [9.17, 15) is 0 Å². The van der Waals surface area contributed by atoms with Crippen molar-refractivity contribution in [2.75, 3.05) is 19.6 Å². The van der Waals surface area contributed by atoms with Crippen molar-refractivity contribution >= 4 is 0 Å². The predicted octanol–water partition coefficient (Wildman–Crippen LogP) is 1.77. The Morgan fingerprint density at radius 2 is 2.25 bits per heavy atom. The van der Waals surface area contributed by atoms with Gasteiger partial charge in [-0.25, -0.2) is 0 Å². The smallest absolute Gasteiger partial charge is 0.114 e. The molecule has 0 aliphatic carbocycles. The molecule has 0 amide bonds. The van der Waals surface area contributed by atoms with Crippen LogP contribution in [0.25, 0.3) is 0 Å². The molecular weight excluding hydrogens is 150 g/mol. The van der Waals surface area contributed by atoms with Gasteiger partial charge in [0.05, 0.1) is 5.76 Å². The summed E-state index contributed by atoms with van der Waals surface area (Å²) in [5.74, 6) is 1.11. The first-order valence-electron chi connectivity index (χ1n) is 4.90. The quantitative estimate of drug-likeness (QED) is 0.621. The molecule has 2 aliphatic heterocycles. The Balaban J connectivity index is 1.74. The number of rotatable bonds is 2. The molecule has 2 rings (SSSR count). The van der Waals surface area contributed by atoms with Gasteiger partial charge in [0.15, 0.2) is 0 Å². The van der Waals surface area contributed by atoms with Gasteiger partial charge < -0.3 is 4.74 Å². The number of nitrogens with zero attached hydrogens (tertiary/aromatic N) is 1. The van der Waals surface area contributed by atoms with Crippen LogP contribution in [-0.2, 0) is 4.74 Å². The highest BCUT2D eigenvalue weighted by atomic mass is 16.5. The van der Waals surface area contributed by atoms with Crippen molar-refractivity contribution in [3.8, 4) is 0 Å². The Labute approximate surface area is 74.2 Å². The van der Waals surface area contributed by atoms with Gasteiger partial charge in [0.1, 0.15) is 6.10 Å². The molecule has 0 aromatic rings. The summed E-state index contributed by atoms with van der Waals surface area (Å²) in [6.07, 6.45) is 6.50. The van der Waals surface area contributed by atoms with Gasteiger partial charge in [0.2, 0.25) is 0 Å². The van der Waals surface area contributed by atoms with E-state index in [1.807, 2.05) is 6.92 Å². The van der Waals surface area contributed by atoms with Crippen LogP contribution in [-0.4, -0.2) is 30.6 Å². The van der Waals surface area contributed by atoms with E-state index in [-0.39, 0.29) is 0 Å². The van der Waals surface area contributed by atoms with E-state index in [0.29, 0.717) is 6.10 Å². The molecule has 1 fully saturated rings. The van der Waals surface area contributed by atoms with Gasteiger partial charge in [-0.05, 0) is 38.9 Å². The summed E-state index contributed by atoms with van der Waals surface area (Å²) >= 11 is 0. The predicted molar refractivity (Wildman–Crippen MR) is 48.9 cm³/mol. The van der Waals surface area contributed by atoms with Crippen molar-refractivity contribution in [3.63, 3.8) is 0 Å². The lowest BCUT2D eigenvalue weighted by Crippen LogP contribution is -2.29. The Bertz CT molecular complexity index is 182. The number of hydrogen-bond donors (Lipinski definition) is 0. The molecular formula is C10H17NO. The summed E-state index contributed by atoms with van der Waals surface area (Å²) in [7, 11) is 0. The van der Waals surface area contributed by atoms with Crippen molar-refractivity contribution in [3.05, 3.63) is 11.8 Å². The maximum Gasteiger partial charge on any atom is 0.114 e. The number of allylic oxidation sites excluding steroid dienone is 1. The van der Waals surface area contributed by atoms with E-state index in [0.717, 1.165) is 18.7 Å². The van der Waals surface area contributed by atoms with Gasteiger partial charge in [-0.15, -0.1) is 0 Å². The monoisotopic (exact) mass is 167 g/mol. The van der Waals surface area contributed by atoms with E-state index >= 15 is 0 Å². The first kappa shape index (κ1) is 8.11. The number of ether oxygens (including phenoxy) is 1. The molecule has 0 spiro atoms. The molecule has 1 saturated heterocycles. The fraction of sp³-hybridized carbons (Fsp3) is 0.800. The highest BCUT2D eigenvalue weighted by molar-refractivity contribution is 4.98. The lowest BCUT2D eigenvalue weighted by Gasteiger charge is -2.19. The van der Waals surface area contributed by atoms with Gasteiger partial charge in [-0.1, -0.05) is 0 Å². The van der Waals surface area contributed by atoms with Crippen molar-refractivity contribution in [2.45, 2.75) is 32.3 Å². The second-order valence-corrected chi connectivity index (χ2v) is 3.80. The molecule has 0 aromatic carbocycles. The molecule has 0 aromatic heterocycles. The van der Waals surface area contributed by atoms with Gasteiger partial charge in [-0.3, -0.25) is 4.90 Å². The second kappa shape index (κ2) is 3.48. The summed E-state index contributed by atoms with van der Waals surface area (Å²) in [6, 6.07) is 0. The SMILES string of the molecule is CC1=CCC(CN2CCCC2)O1. The molecule has 0 radical (unpaired) electrons. The zero-order valence-corrected chi connectivity index (χ0v) is 7.75. The fourth-order valence-corrected chi connectivity index (χ4v) is 2.02. The maximum atomic E-state index is 5.64. The zero-order valence-electron chi connectivity index (χ0n) is 7.75. The minimum atomic E-state index is 0.447. The summed E-state index contributed by atoms with van der Waals surface area (Å²) in [5, 5.41) is 0. The number of hydrogen-bond acceptors (Lipinski definition) is 2. The van der Waals surface area contributed by atoms with E-state index in [2.05, 4.69) is 11.0 Å². The van der Waals surface area contributed by atoms with Gasteiger partial charge in [0, 0.05) is 13.0 Å². The van der Waals surface area contributed by atoms with Crippen LogP contribution >= 0.6 is 0 Å². The minimum absolute atomic E-state index is 0.447. The average molecular weight is 167 g/mol. The van der Waals surface area contributed by atoms with Crippen molar-refractivity contribution in [1.29, 1.82) is 0 Å². The van der Waals surface area contributed by atoms with E-state index in [4.69, 9.17) is 4.74 Å². The second-order valence-electron chi connectivity index (χ2n) is 3.80. The van der Waals surface area contributed by atoms with Crippen molar-refractivity contribution < 1.29 is 4.74 Å². The first-order valence-corrected chi connectivity index (χ1v) is 4.90. The summed E-state index contributed by atoms with van der Waals surface area (Å²) in [6.45, 7) is 5.73. The lowest BCUT2D eigenvalue weighted by atomic mass is 10.2. The molecule has 12 heavy (non-hydrogen) atoms. The summed E-state index contributed by atoms with van der Waals surface area (Å²) in [5.41, 5.74) is 0. The topological polar surface area (TPSA) is 12.5 Å². The zero-order chi connectivity index (χ0) is 8.39. The van der Waals surface area contributed by atoms with E-state index in [1.54, 1.807) is 0 Å². The highest BCUT2D eigenvalue weighted by Crippen LogP contribution is 2.18. The molecule has 0 saturated carbocycles. The van der Waals surface area contributed by atoms with Crippen molar-refractivity contribution in [2.24, 2.45) is 0 Å². The van der Waals surface area contributed by atoms with Gasteiger partial charge in [-0.2, -0.15) is 0 Å². The Kier molecular flexibility index (Phi) is 2.35. The van der Waals surface area contributed by atoms with Crippen LogP contribution in [0.3, 0.4) is 0 Å². The minimum Gasteiger partial charge on any atom is -0.494 e. The fourth-order valence-electron chi connectivity index (χ4n) is 2.02. The Morgan fingerprint density at radius 3 is 2.83 bits per heavy atom. The van der Waals surface area contributed by atoms with Crippen LogP contribution < -0.4 is 0 Å². The number of likely N-dealkylation sites (tertiary alicyclic amines) is 1. The van der Waals surface area contributed by atoms with Crippen LogP contribution in [0.4, 0.5) is 0 Å². The standard InChI is InChI=1S/C10H17NO/c1-9-4-5-10(12-9)8-11-6-2-3-7-11/h4,10H,2-3,5-8H2,1H3. The lowest BCUT2D eigenvalue weighted by molar-refractivity contribution is 0.106. The molecule has 1 atom stereocenters. The molecule has 2 heterocycles. The maximum absolute atomic E-state index is 5.64.